The van der Waals surface area contributed by atoms with Crippen LogP contribution in [-0.2, 0) is 14.6 Å². The van der Waals surface area contributed by atoms with Gasteiger partial charge in [-0.25, -0.2) is 17.4 Å². The van der Waals surface area contributed by atoms with Crippen molar-refractivity contribution in [2.24, 2.45) is 0 Å². The number of rotatable bonds is 22. The fourth-order valence-electron chi connectivity index (χ4n) is 5.79. The molecule has 0 bridgehead atoms. The summed E-state index contributed by atoms with van der Waals surface area (Å²) in [4.78, 5) is 36.3. The lowest BCUT2D eigenvalue weighted by atomic mass is 10.1. The summed E-state index contributed by atoms with van der Waals surface area (Å²) in [5.41, 5.74) is 0.721. The minimum Gasteiger partial charge on any atom is -0.504 e. The Kier molecular flexibility index (Phi) is 17.6. The number of phenolic OH excluding ortho intramolecular Hbond substituents is 4. The summed E-state index contributed by atoms with van der Waals surface area (Å²) >= 11 is 4.40. The highest BCUT2D eigenvalue weighted by molar-refractivity contribution is 7.93. The van der Waals surface area contributed by atoms with Crippen LogP contribution in [0, 0.1) is 17.1 Å². The number of nitriles is 1. The van der Waals surface area contributed by atoms with E-state index >= 15 is 0 Å². The van der Waals surface area contributed by atoms with Gasteiger partial charge in [-0.2, -0.15) is 9.98 Å². The van der Waals surface area contributed by atoms with Gasteiger partial charge in [0, 0.05) is 40.9 Å². The molecule has 354 valence electrons. The highest BCUT2D eigenvalue weighted by Crippen LogP contribution is 2.42. The number of nitrogens with one attached hydrogen (secondary N) is 4. The van der Waals surface area contributed by atoms with Crippen molar-refractivity contribution in [3.63, 3.8) is 0 Å². The Hall–Kier alpha value is -6.83. The summed E-state index contributed by atoms with van der Waals surface area (Å²) in [5.74, 6) is -3.60. The number of benzene rings is 5. The van der Waals surface area contributed by atoms with Gasteiger partial charge in [-0.3, -0.25) is 14.9 Å². The van der Waals surface area contributed by atoms with Gasteiger partial charge in [0.2, 0.25) is 10.0 Å². The zero-order valence-corrected chi connectivity index (χ0v) is 37.9. The number of phenols is 4. The van der Waals surface area contributed by atoms with Crippen molar-refractivity contribution in [2.75, 3.05) is 37.9 Å². The maximum absolute atomic E-state index is 14.0. The lowest BCUT2D eigenvalue weighted by Gasteiger charge is -2.16. The molecular formula is C44H45FN5O14PS2. The maximum atomic E-state index is 14.0. The molecule has 0 aliphatic heterocycles. The Morgan fingerprint density at radius 3 is 2.18 bits per heavy atom. The Bertz CT molecular complexity index is 2860. The Balaban J connectivity index is 1.23. The second-order valence-electron chi connectivity index (χ2n) is 14.4. The normalized spacial score (nSPS) is 12.9. The van der Waals surface area contributed by atoms with Crippen LogP contribution in [0.15, 0.2) is 101 Å². The minimum absolute atomic E-state index is 0.0771. The van der Waals surface area contributed by atoms with E-state index in [-0.39, 0.29) is 82.1 Å². The molecule has 10 N–H and O–H groups in total. The van der Waals surface area contributed by atoms with Gasteiger partial charge in [0.05, 0.1) is 23.7 Å². The Morgan fingerprint density at radius 2 is 1.49 bits per heavy atom. The van der Waals surface area contributed by atoms with Crippen LogP contribution < -0.4 is 34.7 Å². The predicted octanol–water partition coefficient (Wildman–Crippen LogP) is 5.81. The number of amides is 2. The van der Waals surface area contributed by atoms with E-state index in [1.54, 1.807) is 6.07 Å². The third-order valence-corrected chi connectivity index (χ3v) is 12.5. The number of ether oxygens (including phenoxy) is 2. The van der Waals surface area contributed by atoms with Gasteiger partial charge >= 0.3 is 7.60 Å². The first-order chi connectivity index (χ1) is 31.7. The van der Waals surface area contributed by atoms with Gasteiger partial charge < -0.3 is 55.1 Å². The molecule has 2 atom stereocenters. The molecule has 5 rings (SSSR count). The fourth-order valence-corrected chi connectivity index (χ4v) is 8.35. The van der Waals surface area contributed by atoms with Gasteiger partial charge in [0.25, 0.3) is 11.8 Å². The molecule has 2 unspecified atom stereocenters. The minimum atomic E-state index is -4.70. The predicted molar refractivity (Wildman–Crippen MR) is 245 cm³/mol. The summed E-state index contributed by atoms with van der Waals surface area (Å²) in [6.07, 6.45) is -0.358. The molecule has 0 aliphatic rings. The average molecular weight is 982 g/mol. The molecule has 23 heteroatoms. The lowest BCUT2D eigenvalue weighted by molar-refractivity contribution is 0.0950. The van der Waals surface area contributed by atoms with E-state index in [9.17, 15) is 57.4 Å². The smallest absolute Gasteiger partial charge is 0.391 e. The summed E-state index contributed by atoms with van der Waals surface area (Å²) in [7, 11) is -9.10. The summed E-state index contributed by atoms with van der Waals surface area (Å²) in [6.45, 7) is 1.81. The van der Waals surface area contributed by atoms with Crippen LogP contribution in [0.3, 0.4) is 0 Å². The molecule has 0 aliphatic carbocycles. The summed E-state index contributed by atoms with van der Waals surface area (Å²) in [5, 5.41) is 66.2. The molecule has 5 aromatic carbocycles. The fraction of sp³-hybridized carbons (Fsp3) is 0.205. The third kappa shape index (κ3) is 14.8. The second-order valence-corrected chi connectivity index (χ2v) is 18.6. The number of aliphatic hydroxyl groups is 1. The van der Waals surface area contributed by atoms with Crippen molar-refractivity contribution in [1.82, 2.24) is 15.4 Å². The van der Waals surface area contributed by atoms with E-state index in [2.05, 4.69) is 28.6 Å². The molecule has 2 amide bonds. The van der Waals surface area contributed by atoms with E-state index in [1.165, 1.54) is 79.7 Å². The molecular weight excluding hydrogens is 937 g/mol. The number of aliphatic hydroxyl groups excluding tert-OH is 1. The standard InChI is InChI=1S/C44H45FN5O14PS2/c1-26(67(60,61)49-25-65(58,59)64-33-9-4-30(24-46)34(45)23-33)18-31-19-32(8-13-41(31)66)50-44(57)29-7-12-39(62-16-2-14-47-42(55)27-5-10-35(51)37(53)20-27)40(22-29)63-17-3-15-48-43(56)28-6-11-36(52)38(54)21-28/h4-13,18-23,43,48-49,51-54,56,66H,2-3,14-17,25H2,1H3,(H,47,55)(H,50,57)(H,58,59)/b26-18+. The molecule has 0 spiro atoms. The molecule has 67 heavy (non-hydrogen) atoms. The third-order valence-electron chi connectivity index (χ3n) is 9.37. The number of hydrogen-bond acceptors (Lipinski definition) is 16. The first-order valence-corrected chi connectivity index (χ1v) is 23.6. The molecule has 0 saturated carbocycles. The maximum Gasteiger partial charge on any atom is 0.391 e. The highest BCUT2D eigenvalue weighted by Gasteiger charge is 2.26. The van der Waals surface area contributed by atoms with Gasteiger partial charge in [-0.15, -0.1) is 12.6 Å². The van der Waals surface area contributed by atoms with Crippen LogP contribution in [0.1, 0.15) is 63.4 Å². The van der Waals surface area contributed by atoms with Crippen LogP contribution in [0.2, 0.25) is 0 Å². The zero-order chi connectivity index (χ0) is 48.9. The molecule has 19 nitrogen and oxygen atoms in total. The van der Waals surface area contributed by atoms with E-state index in [0.717, 1.165) is 18.2 Å². The van der Waals surface area contributed by atoms with E-state index in [1.807, 2.05) is 4.72 Å². The molecule has 5 aromatic rings. The topological polar surface area (TPSA) is 306 Å². The van der Waals surface area contributed by atoms with Crippen LogP contribution in [0.4, 0.5) is 10.1 Å². The first kappa shape index (κ1) is 51.2. The summed E-state index contributed by atoms with van der Waals surface area (Å²) < 4.78 is 71.6. The zero-order valence-electron chi connectivity index (χ0n) is 35.3. The average Bonchev–Trinajstić information content (AvgIpc) is 3.28. The largest absolute Gasteiger partial charge is 0.504 e. The number of anilines is 1. The number of carbonyl (C=O) groups is 2. The number of aromatic hydroxyl groups is 4. The number of allylic oxidation sites excluding steroid dienone is 1. The highest BCUT2D eigenvalue weighted by atomic mass is 32.2. The number of sulfonamides is 1. The second kappa shape index (κ2) is 23.1. The molecule has 0 fully saturated rings. The van der Waals surface area contributed by atoms with E-state index < -0.39 is 65.0 Å². The summed E-state index contributed by atoms with van der Waals surface area (Å²) in [6, 6.07) is 20.9. The van der Waals surface area contributed by atoms with Crippen LogP contribution in [0.25, 0.3) is 6.08 Å². The molecule has 0 aromatic heterocycles. The van der Waals surface area contributed by atoms with Crippen LogP contribution in [-0.4, -0.2) is 83.2 Å². The van der Waals surface area contributed by atoms with Crippen molar-refractivity contribution >= 4 is 53.8 Å². The van der Waals surface area contributed by atoms with Gasteiger partial charge in [0.15, 0.2) is 34.5 Å². The van der Waals surface area contributed by atoms with E-state index in [0.29, 0.717) is 29.4 Å². The van der Waals surface area contributed by atoms with Crippen molar-refractivity contribution in [3.8, 4) is 46.3 Å². The lowest BCUT2D eigenvalue weighted by Crippen LogP contribution is -2.26. The van der Waals surface area contributed by atoms with E-state index in [4.69, 9.17) is 19.3 Å². The Labute approximate surface area is 389 Å². The van der Waals surface area contributed by atoms with Crippen LogP contribution >= 0.6 is 20.2 Å². The number of hydrogen-bond donors (Lipinski definition) is 11. The molecule has 0 saturated heterocycles. The molecule has 0 heterocycles. The number of nitrogens with zero attached hydrogens (tertiary/aromatic N) is 1. The number of halogens is 1. The first-order valence-electron chi connectivity index (χ1n) is 19.9. The number of carbonyl (C=O) groups excluding carboxylic acids is 2. The Morgan fingerprint density at radius 1 is 0.836 bits per heavy atom. The van der Waals surface area contributed by atoms with Crippen molar-refractivity contribution in [3.05, 3.63) is 130 Å². The van der Waals surface area contributed by atoms with Crippen LogP contribution in [0.5, 0.6) is 40.2 Å². The quantitative estimate of drug-likeness (QED) is 0.0128. The SMILES string of the molecule is C/C(=C\c1cc(NC(=O)c2ccc(OCCCNC(=O)c3ccc(O)c(O)c3)c(OCCCNC(O)c3ccc(O)c(O)c3)c2)ccc1S)S(=O)(=O)NCP(=O)(O)Oc1ccc(C#N)c(F)c1. The number of thiol groups is 1. The van der Waals surface area contributed by atoms with Gasteiger partial charge in [0.1, 0.15) is 30.1 Å². The van der Waals surface area contributed by atoms with Crippen molar-refractivity contribution in [2.45, 2.75) is 30.9 Å². The van der Waals surface area contributed by atoms with Crippen molar-refractivity contribution < 1.29 is 71.4 Å². The molecule has 0 radical (unpaired) electrons. The van der Waals surface area contributed by atoms with Gasteiger partial charge in [-0.1, -0.05) is 6.07 Å². The monoisotopic (exact) mass is 981 g/mol. The van der Waals surface area contributed by atoms with Crippen molar-refractivity contribution in [1.29, 1.82) is 5.26 Å². The van der Waals surface area contributed by atoms with Gasteiger partial charge in [-0.05, 0) is 116 Å².